The van der Waals surface area contributed by atoms with E-state index in [-0.39, 0.29) is 18.2 Å². The molecule has 3 heteroatoms. The molecule has 0 aromatic heterocycles. The highest BCUT2D eigenvalue weighted by molar-refractivity contribution is 5.72. The quantitative estimate of drug-likeness (QED) is 0.484. The largest absolute Gasteiger partial charge is 0.444 e. The maximum absolute atomic E-state index is 11.5. The van der Waals surface area contributed by atoms with Gasteiger partial charge in [0.15, 0.2) is 0 Å². The molecule has 18 heavy (non-hydrogen) atoms. The van der Waals surface area contributed by atoms with E-state index in [1.54, 1.807) is 0 Å². The summed E-state index contributed by atoms with van der Waals surface area (Å²) in [5.74, 6) is 0. The lowest BCUT2D eigenvalue weighted by atomic mass is 10.0. The van der Waals surface area contributed by atoms with E-state index in [0.29, 0.717) is 0 Å². The van der Waals surface area contributed by atoms with Gasteiger partial charge in [-0.05, 0) is 12.8 Å². The molecular formula is C15H25NO2. The second-order valence-corrected chi connectivity index (χ2v) is 5.40. The molecule has 2 rings (SSSR count). The molecular weight excluding hydrogens is 226 g/mol. The number of hydrogen-bond donors (Lipinski definition) is 0. The molecule has 0 aromatic rings. The van der Waals surface area contributed by atoms with Crippen LogP contribution in [0.5, 0.6) is 0 Å². The third-order valence-electron chi connectivity index (χ3n) is 3.96. The van der Waals surface area contributed by atoms with E-state index in [4.69, 9.17) is 4.74 Å². The molecule has 2 aliphatic rings. The summed E-state index contributed by atoms with van der Waals surface area (Å²) in [4.78, 5) is 13.4. The Morgan fingerprint density at radius 2 is 1.94 bits per heavy atom. The maximum atomic E-state index is 11.5. The normalized spacial score (nSPS) is 25.6. The van der Waals surface area contributed by atoms with Crippen molar-refractivity contribution in [2.24, 2.45) is 0 Å². The first-order chi connectivity index (χ1) is 8.83. The molecule has 1 fully saturated rings. The molecule has 2 heterocycles. The minimum absolute atomic E-state index is 0.104. The van der Waals surface area contributed by atoms with E-state index in [2.05, 4.69) is 19.1 Å². The number of nitrogens with zero attached hydrogens (tertiary/aromatic N) is 1. The standard InChI is InChI=1S/C15H25NO2/c1-2-3-4-5-6-7-8-11-14-13-10-9-12-16(13)15(17)18-14/h9-10,13-14H,2-8,11-12H2,1H3/t13-,14+/m0/s1. The minimum Gasteiger partial charge on any atom is -0.444 e. The first kappa shape index (κ1) is 13.4. The molecule has 0 saturated carbocycles. The second kappa shape index (κ2) is 6.81. The summed E-state index contributed by atoms with van der Waals surface area (Å²) in [5, 5.41) is 0. The number of cyclic esters (lactones) is 1. The van der Waals surface area contributed by atoms with Gasteiger partial charge in [-0.1, -0.05) is 57.6 Å². The number of carbonyl (C=O) groups is 1. The lowest BCUT2D eigenvalue weighted by Gasteiger charge is -2.15. The lowest BCUT2D eigenvalue weighted by Crippen LogP contribution is -2.30. The number of hydrogen-bond acceptors (Lipinski definition) is 2. The monoisotopic (exact) mass is 251 g/mol. The molecule has 1 saturated heterocycles. The van der Waals surface area contributed by atoms with Gasteiger partial charge < -0.3 is 4.74 Å². The van der Waals surface area contributed by atoms with Crippen LogP contribution in [0.15, 0.2) is 12.2 Å². The van der Waals surface area contributed by atoms with Crippen LogP contribution in [0.4, 0.5) is 4.79 Å². The Labute approximate surface area is 110 Å². The number of amides is 1. The summed E-state index contributed by atoms with van der Waals surface area (Å²) in [7, 11) is 0. The first-order valence-corrected chi connectivity index (χ1v) is 7.47. The van der Waals surface area contributed by atoms with E-state index in [9.17, 15) is 4.79 Å². The Hall–Kier alpha value is -0.990. The summed E-state index contributed by atoms with van der Waals surface area (Å²) in [5.41, 5.74) is 0. The zero-order valence-corrected chi connectivity index (χ0v) is 11.4. The van der Waals surface area contributed by atoms with Gasteiger partial charge in [-0.3, -0.25) is 4.90 Å². The minimum atomic E-state index is -0.127. The number of fused-ring (bicyclic) bond motifs is 1. The predicted octanol–water partition coefficient (Wildman–Crippen LogP) is 3.89. The van der Waals surface area contributed by atoms with Gasteiger partial charge in [-0.2, -0.15) is 0 Å². The Morgan fingerprint density at radius 3 is 2.72 bits per heavy atom. The van der Waals surface area contributed by atoms with E-state index in [1.165, 1.54) is 44.9 Å². The molecule has 0 aromatic carbocycles. The van der Waals surface area contributed by atoms with Crippen molar-refractivity contribution in [1.29, 1.82) is 0 Å². The van der Waals surface area contributed by atoms with Crippen molar-refractivity contribution in [3.05, 3.63) is 12.2 Å². The van der Waals surface area contributed by atoms with Gasteiger partial charge >= 0.3 is 6.09 Å². The van der Waals surface area contributed by atoms with Gasteiger partial charge in [0.1, 0.15) is 6.10 Å². The van der Waals surface area contributed by atoms with Crippen molar-refractivity contribution in [2.45, 2.75) is 70.4 Å². The third kappa shape index (κ3) is 3.27. The summed E-state index contributed by atoms with van der Waals surface area (Å²) >= 11 is 0. The van der Waals surface area contributed by atoms with Crippen LogP contribution < -0.4 is 0 Å². The van der Waals surface area contributed by atoms with E-state index < -0.39 is 0 Å². The predicted molar refractivity (Wildman–Crippen MR) is 72.5 cm³/mol. The summed E-state index contributed by atoms with van der Waals surface area (Å²) in [6.45, 7) is 2.98. The Morgan fingerprint density at radius 1 is 1.22 bits per heavy atom. The second-order valence-electron chi connectivity index (χ2n) is 5.40. The summed E-state index contributed by atoms with van der Waals surface area (Å²) in [6, 6.07) is 0.220. The molecule has 0 spiro atoms. The highest BCUT2D eigenvalue weighted by atomic mass is 16.6. The van der Waals surface area contributed by atoms with Crippen LogP contribution in [0, 0.1) is 0 Å². The van der Waals surface area contributed by atoms with Crippen molar-refractivity contribution in [3.8, 4) is 0 Å². The number of carbonyl (C=O) groups excluding carboxylic acids is 1. The molecule has 0 bridgehead atoms. The molecule has 0 aliphatic carbocycles. The Balaban J connectivity index is 1.57. The number of unbranched alkanes of at least 4 members (excludes halogenated alkanes) is 6. The lowest BCUT2D eigenvalue weighted by molar-refractivity contribution is 0.125. The van der Waals surface area contributed by atoms with E-state index in [0.717, 1.165) is 13.0 Å². The van der Waals surface area contributed by atoms with Gasteiger partial charge in [-0.25, -0.2) is 4.79 Å². The smallest absolute Gasteiger partial charge is 0.411 e. The molecule has 0 unspecified atom stereocenters. The van der Waals surface area contributed by atoms with Gasteiger partial charge in [-0.15, -0.1) is 0 Å². The van der Waals surface area contributed by atoms with Crippen LogP contribution in [0.1, 0.15) is 58.3 Å². The van der Waals surface area contributed by atoms with Gasteiger partial charge in [0.05, 0.1) is 6.04 Å². The topological polar surface area (TPSA) is 29.5 Å². The highest BCUT2D eigenvalue weighted by Crippen LogP contribution is 2.27. The average Bonchev–Trinajstić information content (AvgIpc) is 2.94. The zero-order valence-electron chi connectivity index (χ0n) is 11.4. The highest BCUT2D eigenvalue weighted by Gasteiger charge is 2.41. The summed E-state index contributed by atoms with van der Waals surface area (Å²) < 4.78 is 5.41. The fourth-order valence-corrected chi connectivity index (χ4v) is 2.86. The first-order valence-electron chi connectivity index (χ1n) is 7.47. The zero-order chi connectivity index (χ0) is 12.8. The van der Waals surface area contributed by atoms with Crippen molar-refractivity contribution >= 4 is 6.09 Å². The van der Waals surface area contributed by atoms with Crippen LogP contribution in [0.25, 0.3) is 0 Å². The number of rotatable bonds is 8. The summed E-state index contributed by atoms with van der Waals surface area (Å²) in [6.07, 6.45) is 14.4. The van der Waals surface area contributed by atoms with E-state index >= 15 is 0 Å². The molecule has 2 aliphatic heterocycles. The van der Waals surface area contributed by atoms with E-state index in [1.807, 2.05) is 4.90 Å². The van der Waals surface area contributed by atoms with Crippen molar-refractivity contribution in [3.63, 3.8) is 0 Å². The van der Waals surface area contributed by atoms with Crippen molar-refractivity contribution in [2.75, 3.05) is 6.54 Å². The maximum Gasteiger partial charge on any atom is 0.411 e. The molecule has 0 radical (unpaired) electrons. The fraction of sp³-hybridized carbons (Fsp3) is 0.800. The Kier molecular flexibility index (Phi) is 5.09. The fourth-order valence-electron chi connectivity index (χ4n) is 2.86. The van der Waals surface area contributed by atoms with Crippen LogP contribution in [0.2, 0.25) is 0 Å². The van der Waals surface area contributed by atoms with Crippen LogP contribution in [0.3, 0.4) is 0 Å². The third-order valence-corrected chi connectivity index (χ3v) is 3.96. The molecule has 2 atom stereocenters. The van der Waals surface area contributed by atoms with Gasteiger partial charge in [0.25, 0.3) is 0 Å². The van der Waals surface area contributed by atoms with Gasteiger partial charge in [0, 0.05) is 6.54 Å². The SMILES string of the molecule is CCCCCCCCC[C@H]1OC(=O)N2CC=C[C@@H]12. The van der Waals surface area contributed by atoms with Gasteiger partial charge in [0.2, 0.25) is 0 Å². The average molecular weight is 251 g/mol. The molecule has 3 nitrogen and oxygen atoms in total. The molecule has 102 valence electrons. The van der Waals surface area contributed by atoms with Crippen molar-refractivity contribution < 1.29 is 9.53 Å². The van der Waals surface area contributed by atoms with Crippen LogP contribution in [-0.2, 0) is 4.74 Å². The van der Waals surface area contributed by atoms with Crippen molar-refractivity contribution in [1.82, 2.24) is 4.90 Å². The number of ether oxygens (including phenoxy) is 1. The van der Waals surface area contributed by atoms with Crippen LogP contribution in [-0.4, -0.2) is 29.7 Å². The molecule has 0 N–H and O–H groups in total. The van der Waals surface area contributed by atoms with Crippen LogP contribution >= 0.6 is 0 Å². The molecule has 1 amide bonds. The Bertz CT molecular complexity index is 301.